The van der Waals surface area contributed by atoms with Crippen LogP contribution in [0.2, 0.25) is 0 Å². The second kappa shape index (κ2) is 7.00. The topological polar surface area (TPSA) is 45.5 Å². The lowest BCUT2D eigenvalue weighted by molar-refractivity contribution is 0.176. The summed E-state index contributed by atoms with van der Waals surface area (Å²) in [5.41, 5.74) is 3.06. The van der Waals surface area contributed by atoms with Gasteiger partial charge in [-0.15, -0.1) is 0 Å². The number of nitrogens with one attached hydrogen (secondary N) is 1. The molecular weight excluding hydrogens is 262 g/mol. The van der Waals surface area contributed by atoms with Crippen LogP contribution in [0.3, 0.4) is 0 Å². The highest BCUT2D eigenvalue weighted by Crippen LogP contribution is 2.05. The van der Waals surface area contributed by atoms with Crippen LogP contribution in [0.5, 0.6) is 0 Å². The van der Waals surface area contributed by atoms with Crippen LogP contribution in [0.1, 0.15) is 39.0 Å². The molecule has 21 heavy (non-hydrogen) atoms. The Kier molecular flexibility index (Phi) is 5.31. The van der Waals surface area contributed by atoms with Gasteiger partial charge in [0.1, 0.15) is 0 Å². The molecule has 2 aromatic rings. The van der Waals surface area contributed by atoms with E-state index in [1.165, 1.54) is 0 Å². The molecule has 0 aliphatic rings. The Morgan fingerprint density at radius 3 is 2.62 bits per heavy atom. The molecule has 0 spiro atoms. The second-order valence-corrected chi connectivity index (χ2v) is 6.15. The normalized spacial score (nSPS) is 12.2. The number of fused-ring (bicyclic) bond motifs is 1. The molecule has 0 saturated carbocycles. The third-order valence-electron chi connectivity index (χ3n) is 3.69. The van der Waals surface area contributed by atoms with Crippen molar-refractivity contribution >= 4 is 5.65 Å². The zero-order valence-electron chi connectivity index (χ0n) is 13.8. The molecule has 0 radical (unpaired) electrons. The predicted molar refractivity (Wildman–Crippen MR) is 86.4 cm³/mol. The van der Waals surface area contributed by atoms with Gasteiger partial charge in [0, 0.05) is 55.7 Å². The first-order valence-corrected chi connectivity index (χ1v) is 7.74. The van der Waals surface area contributed by atoms with Gasteiger partial charge in [0.2, 0.25) is 0 Å². The van der Waals surface area contributed by atoms with Gasteiger partial charge in [-0.3, -0.25) is 4.90 Å². The summed E-state index contributed by atoms with van der Waals surface area (Å²) in [7, 11) is 0. The van der Waals surface area contributed by atoms with Crippen molar-refractivity contribution in [3.63, 3.8) is 0 Å². The van der Waals surface area contributed by atoms with Gasteiger partial charge in [-0.2, -0.15) is 5.10 Å². The van der Waals surface area contributed by atoms with Crippen molar-refractivity contribution < 1.29 is 0 Å². The highest BCUT2D eigenvalue weighted by molar-refractivity contribution is 5.38. The van der Waals surface area contributed by atoms with Gasteiger partial charge in [-0.1, -0.05) is 0 Å². The summed E-state index contributed by atoms with van der Waals surface area (Å²) in [5, 5.41) is 7.89. The van der Waals surface area contributed by atoms with Crippen molar-refractivity contribution in [2.24, 2.45) is 0 Å². The molecule has 0 amide bonds. The number of hydrogen-bond donors (Lipinski definition) is 1. The number of hydrogen-bond acceptors (Lipinski definition) is 4. The molecule has 5 nitrogen and oxygen atoms in total. The number of rotatable bonds is 7. The molecular formula is C16H27N5. The molecule has 0 aliphatic carbocycles. The SMILES string of the molecule is Cc1cc2ncc(CNCCN(C(C)C)C(C)C)cn2n1. The van der Waals surface area contributed by atoms with Crippen molar-refractivity contribution in [1.82, 2.24) is 24.8 Å². The van der Waals surface area contributed by atoms with Crippen molar-refractivity contribution in [1.29, 1.82) is 0 Å². The van der Waals surface area contributed by atoms with Crippen molar-refractivity contribution in [3.8, 4) is 0 Å². The van der Waals surface area contributed by atoms with E-state index in [-0.39, 0.29) is 0 Å². The van der Waals surface area contributed by atoms with Crippen LogP contribution >= 0.6 is 0 Å². The minimum absolute atomic E-state index is 0.580. The Hall–Kier alpha value is -1.46. The summed E-state index contributed by atoms with van der Waals surface area (Å²) >= 11 is 0. The van der Waals surface area contributed by atoms with Gasteiger partial charge in [-0.05, 0) is 34.6 Å². The van der Waals surface area contributed by atoms with Gasteiger partial charge < -0.3 is 5.32 Å². The zero-order chi connectivity index (χ0) is 15.4. The summed E-state index contributed by atoms with van der Waals surface area (Å²) in [6.45, 7) is 13.8. The van der Waals surface area contributed by atoms with Gasteiger partial charge in [0.05, 0.1) is 5.69 Å². The largest absolute Gasteiger partial charge is 0.311 e. The van der Waals surface area contributed by atoms with E-state index in [0.717, 1.165) is 36.5 Å². The van der Waals surface area contributed by atoms with E-state index in [2.05, 4.69) is 48.0 Å². The fourth-order valence-corrected chi connectivity index (χ4v) is 2.68. The first kappa shape index (κ1) is 15.9. The van der Waals surface area contributed by atoms with Crippen LogP contribution in [0, 0.1) is 6.92 Å². The maximum Gasteiger partial charge on any atom is 0.155 e. The van der Waals surface area contributed by atoms with Gasteiger partial charge in [0.25, 0.3) is 0 Å². The molecule has 0 unspecified atom stereocenters. The highest BCUT2D eigenvalue weighted by atomic mass is 15.2. The molecule has 2 rings (SSSR count). The molecule has 0 aliphatic heterocycles. The van der Waals surface area contributed by atoms with E-state index in [9.17, 15) is 0 Å². The van der Waals surface area contributed by atoms with Crippen LogP contribution in [0.25, 0.3) is 5.65 Å². The van der Waals surface area contributed by atoms with Gasteiger partial charge in [-0.25, -0.2) is 9.50 Å². The Labute approximate surface area is 127 Å². The average Bonchev–Trinajstić information content (AvgIpc) is 2.76. The number of aromatic nitrogens is 3. The minimum atomic E-state index is 0.580. The lowest BCUT2D eigenvalue weighted by atomic mass is 10.2. The summed E-state index contributed by atoms with van der Waals surface area (Å²) in [6, 6.07) is 3.15. The van der Waals surface area contributed by atoms with E-state index in [1.54, 1.807) is 0 Å². The fourth-order valence-electron chi connectivity index (χ4n) is 2.68. The van der Waals surface area contributed by atoms with Crippen LogP contribution < -0.4 is 5.32 Å². The molecule has 0 aromatic carbocycles. The molecule has 5 heteroatoms. The Morgan fingerprint density at radius 1 is 1.24 bits per heavy atom. The molecule has 0 bridgehead atoms. The van der Waals surface area contributed by atoms with E-state index in [0.29, 0.717) is 12.1 Å². The van der Waals surface area contributed by atoms with E-state index >= 15 is 0 Å². The molecule has 0 atom stereocenters. The Morgan fingerprint density at radius 2 is 1.95 bits per heavy atom. The first-order valence-electron chi connectivity index (χ1n) is 7.74. The molecule has 0 fully saturated rings. The van der Waals surface area contributed by atoms with Gasteiger partial charge in [0.15, 0.2) is 5.65 Å². The zero-order valence-corrected chi connectivity index (χ0v) is 13.8. The van der Waals surface area contributed by atoms with Crippen molar-refractivity contribution in [2.45, 2.75) is 53.2 Å². The smallest absolute Gasteiger partial charge is 0.155 e. The van der Waals surface area contributed by atoms with Crippen molar-refractivity contribution in [3.05, 3.63) is 29.7 Å². The van der Waals surface area contributed by atoms with Crippen LogP contribution in [-0.2, 0) is 6.54 Å². The monoisotopic (exact) mass is 289 g/mol. The molecule has 0 saturated heterocycles. The molecule has 116 valence electrons. The quantitative estimate of drug-likeness (QED) is 0.794. The lowest BCUT2D eigenvalue weighted by Gasteiger charge is -2.30. The van der Waals surface area contributed by atoms with Crippen LogP contribution in [-0.4, -0.2) is 44.7 Å². The van der Waals surface area contributed by atoms with Crippen LogP contribution in [0.15, 0.2) is 18.5 Å². The second-order valence-electron chi connectivity index (χ2n) is 6.15. The summed E-state index contributed by atoms with van der Waals surface area (Å²) < 4.78 is 1.85. The van der Waals surface area contributed by atoms with Crippen molar-refractivity contribution in [2.75, 3.05) is 13.1 Å². The molecule has 1 N–H and O–H groups in total. The van der Waals surface area contributed by atoms with E-state index in [4.69, 9.17) is 0 Å². The third kappa shape index (κ3) is 4.25. The maximum absolute atomic E-state index is 4.42. The maximum atomic E-state index is 4.42. The minimum Gasteiger partial charge on any atom is -0.311 e. The average molecular weight is 289 g/mol. The van der Waals surface area contributed by atoms with Gasteiger partial charge >= 0.3 is 0 Å². The Balaban J connectivity index is 1.84. The summed E-state index contributed by atoms with van der Waals surface area (Å²) in [5.74, 6) is 0. The number of nitrogens with zero attached hydrogens (tertiary/aromatic N) is 4. The van der Waals surface area contributed by atoms with E-state index < -0.39 is 0 Å². The van der Waals surface area contributed by atoms with Crippen LogP contribution in [0.4, 0.5) is 0 Å². The first-order chi connectivity index (χ1) is 9.97. The Bertz CT molecular complexity index is 565. The third-order valence-corrected chi connectivity index (χ3v) is 3.69. The lowest BCUT2D eigenvalue weighted by Crippen LogP contribution is -2.41. The standard InChI is InChI=1S/C16H27N5/c1-12(2)20(13(3)4)7-6-17-9-15-10-18-16-8-14(5)19-21(16)11-15/h8,10-13,17H,6-7,9H2,1-5H3. The summed E-state index contributed by atoms with van der Waals surface area (Å²) in [6.07, 6.45) is 3.97. The van der Waals surface area contributed by atoms with E-state index in [1.807, 2.05) is 29.9 Å². The number of aryl methyl sites for hydroxylation is 1. The molecule has 2 aromatic heterocycles. The fraction of sp³-hybridized carbons (Fsp3) is 0.625. The predicted octanol–water partition coefficient (Wildman–Crippen LogP) is 2.25. The summed E-state index contributed by atoms with van der Waals surface area (Å²) in [4.78, 5) is 6.91. The molecule has 2 heterocycles. The highest BCUT2D eigenvalue weighted by Gasteiger charge is 2.12.